The van der Waals surface area contributed by atoms with Crippen LogP contribution in [0.25, 0.3) is 0 Å². The molecule has 1 fully saturated rings. The molecular weight excluding hydrogens is 414 g/mol. The van der Waals surface area contributed by atoms with E-state index in [1.807, 2.05) is 119 Å². The Morgan fingerprint density at radius 3 is 1.75 bits per heavy atom. The Morgan fingerprint density at radius 1 is 0.594 bits per heavy atom. The van der Waals surface area contributed by atoms with Crippen LogP contribution < -0.4 is 9.80 Å². The smallest absolute Gasteiger partial charge is 0.223 e. The molecule has 6 heteroatoms. The van der Waals surface area contributed by atoms with Gasteiger partial charge in [-0.05, 0) is 48.5 Å². The molecular formula is C26H19N5S. The number of benzene rings is 3. The summed E-state index contributed by atoms with van der Waals surface area (Å²) in [5.41, 5.74) is 2.64. The highest BCUT2D eigenvalue weighted by Gasteiger charge is 2.40. The van der Waals surface area contributed by atoms with Gasteiger partial charge in [-0.15, -0.1) is 0 Å². The van der Waals surface area contributed by atoms with E-state index < -0.39 is 0 Å². The fourth-order valence-corrected chi connectivity index (χ4v) is 3.77. The van der Waals surface area contributed by atoms with E-state index in [9.17, 15) is 0 Å². The van der Waals surface area contributed by atoms with E-state index in [1.54, 1.807) is 6.20 Å². The molecule has 1 aromatic heterocycles. The van der Waals surface area contributed by atoms with Crippen LogP contribution in [-0.2, 0) is 0 Å². The summed E-state index contributed by atoms with van der Waals surface area (Å²) in [6.07, 6.45) is 1.73. The first kappa shape index (κ1) is 19.8. The largest absolute Gasteiger partial charge is 0.267 e. The SMILES string of the molecule is S=C1C(=Nc2ccccc2)N(c2ccccc2)/C(=N\c2ccccn2)N1c1ccccc1. The molecule has 0 saturated carbocycles. The molecule has 5 rings (SSSR count). The minimum absolute atomic E-state index is 0.568. The third kappa shape index (κ3) is 3.91. The summed E-state index contributed by atoms with van der Waals surface area (Å²) in [6.45, 7) is 0. The highest BCUT2D eigenvalue weighted by molar-refractivity contribution is 7.82. The minimum atomic E-state index is 0.568. The second kappa shape index (κ2) is 8.91. The number of hydrogen-bond donors (Lipinski definition) is 0. The topological polar surface area (TPSA) is 44.1 Å². The van der Waals surface area contributed by atoms with Crippen molar-refractivity contribution in [2.45, 2.75) is 0 Å². The van der Waals surface area contributed by atoms with Crippen LogP contribution in [0.5, 0.6) is 0 Å². The molecule has 0 bridgehead atoms. The van der Waals surface area contributed by atoms with Crippen molar-refractivity contribution in [1.82, 2.24) is 4.98 Å². The minimum Gasteiger partial charge on any atom is -0.267 e. The van der Waals surface area contributed by atoms with Crippen LogP contribution in [0.15, 0.2) is 125 Å². The molecule has 1 saturated heterocycles. The van der Waals surface area contributed by atoms with Crippen LogP contribution in [0.1, 0.15) is 0 Å². The Labute approximate surface area is 192 Å². The van der Waals surface area contributed by atoms with Gasteiger partial charge in [-0.1, -0.05) is 72.9 Å². The van der Waals surface area contributed by atoms with Crippen molar-refractivity contribution in [3.8, 4) is 0 Å². The van der Waals surface area contributed by atoms with Gasteiger partial charge in [0.15, 0.2) is 16.6 Å². The van der Waals surface area contributed by atoms with Crippen LogP contribution in [0.2, 0.25) is 0 Å². The Hall–Kier alpha value is -4.16. The zero-order valence-corrected chi connectivity index (χ0v) is 17.9. The summed E-state index contributed by atoms with van der Waals surface area (Å²) < 4.78 is 0. The Morgan fingerprint density at radius 2 is 1.16 bits per heavy atom. The van der Waals surface area contributed by atoms with Crippen molar-refractivity contribution in [3.05, 3.63) is 115 Å². The number of aromatic nitrogens is 1. The lowest BCUT2D eigenvalue weighted by Crippen LogP contribution is -2.35. The lowest BCUT2D eigenvalue weighted by Gasteiger charge is -2.22. The zero-order valence-electron chi connectivity index (χ0n) is 17.1. The third-order valence-electron chi connectivity index (χ3n) is 4.89. The van der Waals surface area contributed by atoms with E-state index >= 15 is 0 Å². The summed E-state index contributed by atoms with van der Waals surface area (Å²) in [6, 6.07) is 35.4. The van der Waals surface area contributed by atoms with E-state index in [4.69, 9.17) is 22.2 Å². The third-order valence-corrected chi connectivity index (χ3v) is 5.26. The lowest BCUT2D eigenvalue weighted by atomic mass is 10.3. The summed E-state index contributed by atoms with van der Waals surface area (Å²) in [7, 11) is 0. The van der Waals surface area contributed by atoms with Crippen LogP contribution in [-0.4, -0.2) is 21.8 Å². The number of hydrogen-bond acceptors (Lipinski definition) is 4. The lowest BCUT2D eigenvalue weighted by molar-refractivity contribution is 1.24. The predicted octanol–water partition coefficient (Wildman–Crippen LogP) is 6.15. The first-order chi connectivity index (χ1) is 15.8. The maximum atomic E-state index is 5.97. The highest BCUT2D eigenvalue weighted by Crippen LogP contribution is 2.31. The molecule has 0 unspecified atom stereocenters. The number of amidine groups is 1. The molecule has 0 aliphatic carbocycles. The van der Waals surface area contributed by atoms with Gasteiger partial charge >= 0.3 is 0 Å². The molecule has 0 spiro atoms. The highest BCUT2D eigenvalue weighted by atomic mass is 32.1. The van der Waals surface area contributed by atoms with Gasteiger partial charge in [-0.2, -0.15) is 4.99 Å². The van der Waals surface area contributed by atoms with Gasteiger partial charge in [0.2, 0.25) is 5.96 Å². The van der Waals surface area contributed by atoms with Crippen LogP contribution in [0.3, 0.4) is 0 Å². The summed E-state index contributed by atoms with van der Waals surface area (Å²) in [5.74, 6) is 1.85. The number of guanidine groups is 1. The molecule has 32 heavy (non-hydrogen) atoms. The molecule has 0 radical (unpaired) electrons. The second-order valence-electron chi connectivity index (χ2n) is 7.02. The van der Waals surface area contributed by atoms with Crippen molar-refractivity contribution >= 4 is 51.9 Å². The van der Waals surface area contributed by atoms with Gasteiger partial charge < -0.3 is 0 Å². The average Bonchev–Trinajstić information content (AvgIpc) is 3.12. The van der Waals surface area contributed by atoms with Gasteiger partial charge in [0.25, 0.3) is 0 Å². The molecule has 0 N–H and O–H groups in total. The molecule has 0 atom stereocenters. The number of thiocarbonyl (C=S) groups is 1. The van der Waals surface area contributed by atoms with Gasteiger partial charge in [0.05, 0.1) is 17.1 Å². The fraction of sp³-hybridized carbons (Fsp3) is 0. The number of aliphatic imine (C=N–C) groups is 2. The summed E-state index contributed by atoms with van der Waals surface area (Å²) in [4.78, 5) is 18.7. The average molecular weight is 434 g/mol. The normalized spacial score (nSPS) is 16.2. The number of anilines is 2. The van der Waals surface area contributed by atoms with E-state index in [0.717, 1.165) is 17.1 Å². The van der Waals surface area contributed by atoms with Gasteiger partial charge in [0.1, 0.15) is 0 Å². The molecule has 154 valence electrons. The van der Waals surface area contributed by atoms with Crippen molar-refractivity contribution in [2.75, 3.05) is 9.80 Å². The number of nitrogens with zero attached hydrogens (tertiary/aromatic N) is 5. The van der Waals surface area contributed by atoms with Crippen molar-refractivity contribution in [1.29, 1.82) is 0 Å². The van der Waals surface area contributed by atoms with E-state index in [1.165, 1.54) is 0 Å². The molecule has 4 aromatic rings. The monoisotopic (exact) mass is 433 g/mol. The molecule has 2 heterocycles. The Kier molecular flexibility index (Phi) is 5.51. The Balaban J connectivity index is 1.75. The maximum Gasteiger partial charge on any atom is 0.223 e. The van der Waals surface area contributed by atoms with Crippen LogP contribution >= 0.6 is 12.2 Å². The van der Waals surface area contributed by atoms with E-state index in [2.05, 4.69) is 4.98 Å². The number of pyridine rings is 1. The fourth-order valence-electron chi connectivity index (χ4n) is 3.45. The molecule has 0 amide bonds. The quantitative estimate of drug-likeness (QED) is 0.362. The first-order valence-corrected chi connectivity index (χ1v) is 10.6. The molecule has 3 aromatic carbocycles. The van der Waals surface area contributed by atoms with E-state index in [0.29, 0.717) is 22.6 Å². The maximum absolute atomic E-state index is 5.97. The van der Waals surface area contributed by atoms with Crippen molar-refractivity contribution in [2.24, 2.45) is 9.98 Å². The van der Waals surface area contributed by atoms with Gasteiger partial charge in [-0.25, -0.2) is 9.98 Å². The van der Waals surface area contributed by atoms with Gasteiger partial charge in [-0.3, -0.25) is 9.80 Å². The van der Waals surface area contributed by atoms with Crippen molar-refractivity contribution < 1.29 is 0 Å². The van der Waals surface area contributed by atoms with Crippen LogP contribution in [0, 0.1) is 0 Å². The summed E-state index contributed by atoms with van der Waals surface area (Å²) >= 11 is 5.97. The molecule has 1 aliphatic rings. The standard InChI is InChI=1S/C26H19N5S/c32-25-24(28-20-12-4-1-5-13-20)30(21-14-6-2-7-15-21)26(29-23-18-10-11-19-27-23)31(25)22-16-8-3-9-17-22/h1-19H/b28-24?,29-26+. The Bertz CT molecular complexity index is 1270. The number of para-hydroxylation sites is 3. The van der Waals surface area contributed by atoms with Gasteiger partial charge in [0, 0.05) is 6.20 Å². The number of rotatable bonds is 4. The second-order valence-corrected chi connectivity index (χ2v) is 7.40. The van der Waals surface area contributed by atoms with Crippen LogP contribution in [0.4, 0.5) is 22.9 Å². The zero-order chi connectivity index (χ0) is 21.8. The molecule has 5 nitrogen and oxygen atoms in total. The molecule has 1 aliphatic heterocycles. The van der Waals surface area contributed by atoms with Crippen molar-refractivity contribution in [3.63, 3.8) is 0 Å². The van der Waals surface area contributed by atoms with E-state index in [-0.39, 0.29) is 0 Å². The predicted molar refractivity (Wildman–Crippen MR) is 135 cm³/mol. The first-order valence-electron chi connectivity index (χ1n) is 10.2. The summed E-state index contributed by atoms with van der Waals surface area (Å²) in [5, 5.41) is 0.